The van der Waals surface area contributed by atoms with Gasteiger partial charge in [0, 0.05) is 11.4 Å². The van der Waals surface area contributed by atoms with Crippen LogP contribution in [0.15, 0.2) is 66.0 Å². The molecular formula is C21H17F3N2O3S. The van der Waals surface area contributed by atoms with Crippen molar-refractivity contribution in [3.63, 3.8) is 0 Å². The molecule has 0 aliphatic rings. The number of thiophene rings is 1. The summed E-state index contributed by atoms with van der Waals surface area (Å²) >= 11 is 1.58. The zero-order chi connectivity index (χ0) is 21.7. The molecule has 0 spiro atoms. The van der Waals surface area contributed by atoms with Crippen LogP contribution < -0.4 is 10.6 Å². The van der Waals surface area contributed by atoms with Crippen LogP contribution in [0, 0.1) is 0 Å². The minimum absolute atomic E-state index is 0.272. The number of alkyl halides is 3. The van der Waals surface area contributed by atoms with Crippen molar-refractivity contribution in [2.75, 3.05) is 11.9 Å². The number of halogens is 3. The van der Waals surface area contributed by atoms with E-state index in [9.17, 15) is 27.9 Å². The predicted octanol–water partition coefficient (Wildman–Crippen LogP) is 4.22. The molecular weight excluding hydrogens is 417 g/mol. The van der Waals surface area contributed by atoms with E-state index in [1.807, 2.05) is 35.0 Å². The predicted molar refractivity (Wildman–Crippen MR) is 108 cm³/mol. The number of carbonyl (C=O) groups excluding carboxylic acids is 2. The van der Waals surface area contributed by atoms with Crippen LogP contribution in [0.1, 0.15) is 17.2 Å². The van der Waals surface area contributed by atoms with E-state index in [-0.39, 0.29) is 6.54 Å². The molecule has 0 aliphatic heterocycles. The minimum atomic E-state index is -4.67. The third-order valence-corrected chi connectivity index (χ3v) is 5.16. The van der Waals surface area contributed by atoms with Gasteiger partial charge in [0.1, 0.15) is 0 Å². The van der Waals surface area contributed by atoms with E-state index in [1.165, 1.54) is 12.1 Å². The lowest BCUT2D eigenvalue weighted by Gasteiger charge is -2.15. The second kappa shape index (κ2) is 9.10. The summed E-state index contributed by atoms with van der Waals surface area (Å²) in [5.74, 6) is -2.41. The molecule has 30 heavy (non-hydrogen) atoms. The fraction of sp³-hybridized carbons (Fsp3) is 0.143. The summed E-state index contributed by atoms with van der Waals surface area (Å²) in [7, 11) is 0. The quantitative estimate of drug-likeness (QED) is 0.526. The highest BCUT2D eigenvalue weighted by molar-refractivity contribution is 7.13. The summed E-state index contributed by atoms with van der Waals surface area (Å²) in [6.45, 7) is -0.272. The third-order valence-electron chi connectivity index (χ3n) is 4.24. The van der Waals surface area contributed by atoms with Crippen LogP contribution in [0.4, 0.5) is 18.9 Å². The van der Waals surface area contributed by atoms with Crippen molar-refractivity contribution in [1.82, 2.24) is 5.32 Å². The summed E-state index contributed by atoms with van der Waals surface area (Å²) in [4.78, 5) is 25.0. The Morgan fingerprint density at radius 2 is 1.67 bits per heavy atom. The largest absolute Gasteiger partial charge is 0.418 e. The molecule has 5 nitrogen and oxygen atoms in total. The van der Waals surface area contributed by atoms with Crippen LogP contribution >= 0.6 is 11.3 Å². The minimum Gasteiger partial charge on any atom is -0.387 e. The number of hydrogen-bond acceptors (Lipinski definition) is 4. The average molecular weight is 434 g/mol. The molecule has 3 rings (SSSR count). The third kappa shape index (κ3) is 5.25. The van der Waals surface area contributed by atoms with Crippen molar-refractivity contribution in [1.29, 1.82) is 0 Å². The van der Waals surface area contributed by atoms with Gasteiger partial charge in [-0.15, -0.1) is 11.3 Å². The Morgan fingerprint density at radius 1 is 0.967 bits per heavy atom. The first kappa shape index (κ1) is 21.5. The Kier molecular flexibility index (Phi) is 6.53. The zero-order valence-electron chi connectivity index (χ0n) is 15.4. The summed E-state index contributed by atoms with van der Waals surface area (Å²) in [5.41, 5.74) is -0.0713. The molecule has 3 aromatic rings. The molecule has 1 aromatic heterocycles. The number of para-hydroxylation sites is 1. The summed E-state index contributed by atoms with van der Waals surface area (Å²) in [6, 6.07) is 15.3. The van der Waals surface area contributed by atoms with Gasteiger partial charge < -0.3 is 15.7 Å². The van der Waals surface area contributed by atoms with Crippen LogP contribution in [-0.2, 0) is 15.8 Å². The number of anilines is 1. The first-order valence-electron chi connectivity index (χ1n) is 8.83. The van der Waals surface area contributed by atoms with E-state index in [2.05, 4.69) is 5.32 Å². The Balaban J connectivity index is 1.57. The molecule has 9 heteroatoms. The van der Waals surface area contributed by atoms with Gasteiger partial charge in [0.15, 0.2) is 0 Å². The lowest BCUT2D eigenvalue weighted by Crippen LogP contribution is -2.38. The van der Waals surface area contributed by atoms with E-state index in [0.29, 0.717) is 5.56 Å². The van der Waals surface area contributed by atoms with Gasteiger partial charge in [-0.2, -0.15) is 13.2 Å². The number of aliphatic hydroxyl groups is 1. The first-order valence-corrected chi connectivity index (χ1v) is 9.71. The Morgan fingerprint density at radius 3 is 2.30 bits per heavy atom. The van der Waals surface area contributed by atoms with Gasteiger partial charge in [0.25, 0.3) is 0 Å². The normalized spacial score (nSPS) is 12.3. The number of amides is 2. The lowest BCUT2D eigenvalue weighted by molar-refractivity contribution is -0.138. The number of nitrogens with one attached hydrogen (secondary N) is 2. The van der Waals surface area contributed by atoms with Gasteiger partial charge in [-0.05, 0) is 34.7 Å². The van der Waals surface area contributed by atoms with Crippen LogP contribution in [-0.4, -0.2) is 23.5 Å². The van der Waals surface area contributed by atoms with Crippen molar-refractivity contribution in [3.05, 3.63) is 77.2 Å². The Hall–Kier alpha value is -3.17. The molecule has 0 aliphatic carbocycles. The second-order valence-electron chi connectivity index (χ2n) is 6.32. The van der Waals surface area contributed by atoms with Gasteiger partial charge in [-0.25, -0.2) is 0 Å². The highest BCUT2D eigenvalue weighted by Gasteiger charge is 2.34. The van der Waals surface area contributed by atoms with Gasteiger partial charge in [0.2, 0.25) is 0 Å². The molecule has 156 valence electrons. The van der Waals surface area contributed by atoms with Gasteiger partial charge in [0.05, 0.1) is 17.4 Å². The van der Waals surface area contributed by atoms with E-state index >= 15 is 0 Å². The Bertz CT molecular complexity index is 1020. The second-order valence-corrected chi connectivity index (χ2v) is 7.27. The van der Waals surface area contributed by atoms with E-state index in [1.54, 1.807) is 23.5 Å². The van der Waals surface area contributed by atoms with Gasteiger partial charge in [-0.1, -0.05) is 42.5 Å². The molecule has 0 radical (unpaired) electrons. The van der Waals surface area contributed by atoms with Crippen LogP contribution in [0.5, 0.6) is 0 Å². The molecule has 0 fully saturated rings. The highest BCUT2D eigenvalue weighted by atomic mass is 32.1. The van der Waals surface area contributed by atoms with E-state index in [0.717, 1.165) is 22.6 Å². The van der Waals surface area contributed by atoms with Crippen molar-refractivity contribution in [2.45, 2.75) is 12.3 Å². The molecule has 2 aromatic carbocycles. The smallest absolute Gasteiger partial charge is 0.387 e. The van der Waals surface area contributed by atoms with Crippen molar-refractivity contribution >= 4 is 28.8 Å². The molecule has 2 amide bonds. The maximum Gasteiger partial charge on any atom is 0.418 e. The molecule has 1 heterocycles. The SMILES string of the molecule is O=C(NCC(O)c1ccc(-c2cccs2)cc1)C(=O)Nc1ccccc1C(F)(F)F. The van der Waals surface area contributed by atoms with Crippen LogP contribution in [0.25, 0.3) is 10.4 Å². The highest BCUT2D eigenvalue weighted by Crippen LogP contribution is 2.34. The first-order chi connectivity index (χ1) is 14.3. The van der Waals surface area contributed by atoms with Gasteiger partial charge >= 0.3 is 18.0 Å². The van der Waals surface area contributed by atoms with E-state index in [4.69, 9.17) is 0 Å². The van der Waals surface area contributed by atoms with Crippen molar-refractivity contribution < 1.29 is 27.9 Å². The number of carbonyl (C=O) groups is 2. The summed E-state index contributed by atoms with van der Waals surface area (Å²) < 4.78 is 38.9. The Labute approximate surface area is 174 Å². The molecule has 0 bridgehead atoms. The monoisotopic (exact) mass is 434 g/mol. The molecule has 0 saturated heterocycles. The number of benzene rings is 2. The number of aliphatic hydroxyl groups excluding tert-OH is 1. The maximum absolute atomic E-state index is 13.0. The molecule has 3 N–H and O–H groups in total. The van der Waals surface area contributed by atoms with Crippen molar-refractivity contribution in [3.8, 4) is 10.4 Å². The van der Waals surface area contributed by atoms with Crippen molar-refractivity contribution in [2.24, 2.45) is 0 Å². The van der Waals surface area contributed by atoms with Crippen LogP contribution in [0.2, 0.25) is 0 Å². The van der Waals surface area contributed by atoms with Gasteiger partial charge in [-0.3, -0.25) is 9.59 Å². The number of hydrogen-bond donors (Lipinski definition) is 3. The average Bonchev–Trinajstić information content (AvgIpc) is 3.26. The summed E-state index contributed by atoms with van der Waals surface area (Å²) in [6.07, 6.45) is -5.76. The van der Waals surface area contributed by atoms with E-state index < -0.39 is 35.3 Å². The standard InChI is InChI=1S/C21H17F3N2O3S/c22-21(23,24)15-4-1-2-5-16(15)26-20(29)19(28)25-12-17(27)13-7-9-14(10-8-13)18-6-3-11-30-18/h1-11,17,27H,12H2,(H,25,28)(H,26,29). The lowest BCUT2D eigenvalue weighted by atomic mass is 10.1. The number of rotatable bonds is 5. The maximum atomic E-state index is 13.0. The topological polar surface area (TPSA) is 78.4 Å². The fourth-order valence-corrected chi connectivity index (χ4v) is 3.45. The van der Waals surface area contributed by atoms with Crippen LogP contribution in [0.3, 0.4) is 0 Å². The molecule has 1 atom stereocenters. The fourth-order valence-electron chi connectivity index (χ4n) is 2.72. The molecule has 1 unspecified atom stereocenters. The zero-order valence-corrected chi connectivity index (χ0v) is 16.3. The molecule has 0 saturated carbocycles. The summed E-state index contributed by atoms with van der Waals surface area (Å²) in [5, 5.41) is 16.3.